The number of carbonyl (C=O) groups is 1. The van der Waals surface area contributed by atoms with Gasteiger partial charge in [-0.25, -0.2) is 0 Å². The van der Waals surface area contributed by atoms with Gasteiger partial charge in [0.15, 0.2) is 0 Å². The second kappa shape index (κ2) is 8.97. The molecule has 0 aromatic carbocycles. The van der Waals surface area contributed by atoms with Crippen molar-refractivity contribution in [1.29, 1.82) is 0 Å². The van der Waals surface area contributed by atoms with Crippen molar-refractivity contribution >= 4 is 18.3 Å². The molecule has 1 amide bonds. The molecular weight excluding hydrogens is 276 g/mol. The summed E-state index contributed by atoms with van der Waals surface area (Å²) >= 11 is 0. The van der Waals surface area contributed by atoms with E-state index < -0.39 is 6.04 Å². The van der Waals surface area contributed by atoms with Gasteiger partial charge in [0.05, 0.1) is 11.7 Å². The van der Waals surface area contributed by atoms with Crippen LogP contribution in [0, 0.1) is 19.8 Å². The first-order valence-electron chi connectivity index (χ1n) is 7.00. The number of hydrogen-bond donors (Lipinski definition) is 2. The van der Waals surface area contributed by atoms with E-state index in [4.69, 9.17) is 5.73 Å². The Kier molecular flexibility index (Phi) is 8.49. The van der Waals surface area contributed by atoms with E-state index in [1.54, 1.807) is 0 Å². The van der Waals surface area contributed by atoms with Crippen LogP contribution in [0.1, 0.15) is 38.1 Å². The van der Waals surface area contributed by atoms with Crippen LogP contribution in [0.5, 0.6) is 0 Å². The van der Waals surface area contributed by atoms with Gasteiger partial charge in [-0.15, -0.1) is 12.4 Å². The van der Waals surface area contributed by atoms with E-state index in [0.717, 1.165) is 30.8 Å². The summed E-state index contributed by atoms with van der Waals surface area (Å²) < 4.78 is 1.97. The molecule has 20 heavy (non-hydrogen) atoms. The van der Waals surface area contributed by atoms with Crippen LogP contribution in [0.3, 0.4) is 0 Å². The van der Waals surface area contributed by atoms with Crippen LogP contribution in [0.2, 0.25) is 0 Å². The Morgan fingerprint density at radius 3 is 2.65 bits per heavy atom. The van der Waals surface area contributed by atoms with Crippen molar-refractivity contribution in [3.63, 3.8) is 0 Å². The van der Waals surface area contributed by atoms with Gasteiger partial charge >= 0.3 is 0 Å². The molecule has 2 unspecified atom stereocenters. The normalized spacial score (nSPS) is 13.4. The molecule has 0 bridgehead atoms. The standard InChI is InChI=1S/C14H26N4O.ClH/c1-5-10(2)13(15)14(19)16-7-6-8-18-12(4)9-11(3)17-18;/h9-10,13H,5-8,15H2,1-4H3,(H,16,19);1H. The zero-order valence-corrected chi connectivity index (χ0v) is 13.7. The topological polar surface area (TPSA) is 72.9 Å². The lowest BCUT2D eigenvalue weighted by atomic mass is 9.99. The third kappa shape index (κ3) is 5.51. The molecule has 0 aliphatic heterocycles. The second-order valence-corrected chi connectivity index (χ2v) is 5.21. The van der Waals surface area contributed by atoms with E-state index in [1.165, 1.54) is 0 Å². The lowest BCUT2D eigenvalue weighted by Crippen LogP contribution is -2.44. The first-order valence-corrected chi connectivity index (χ1v) is 7.00. The van der Waals surface area contributed by atoms with Crippen LogP contribution in [-0.2, 0) is 11.3 Å². The summed E-state index contributed by atoms with van der Waals surface area (Å²) in [5.74, 6) is 0.165. The number of halogens is 1. The molecule has 6 heteroatoms. The maximum atomic E-state index is 11.8. The van der Waals surface area contributed by atoms with E-state index in [0.29, 0.717) is 6.54 Å². The molecule has 1 aromatic heterocycles. The Morgan fingerprint density at radius 2 is 2.15 bits per heavy atom. The summed E-state index contributed by atoms with van der Waals surface area (Å²) in [6.07, 6.45) is 1.78. The summed E-state index contributed by atoms with van der Waals surface area (Å²) in [4.78, 5) is 11.8. The van der Waals surface area contributed by atoms with Gasteiger partial charge in [0.1, 0.15) is 0 Å². The zero-order chi connectivity index (χ0) is 14.4. The summed E-state index contributed by atoms with van der Waals surface area (Å²) in [5, 5.41) is 7.27. The van der Waals surface area contributed by atoms with Crippen LogP contribution in [0.15, 0.2) is 6.07 Å². The van der Waals surface area contributed by atoms with Crippen molar-refractivity contribution in [1.82, 2.24) is 15.1 Å². The van der Waals surface area contributed by atoms with E-state index in [2.05, 4.69) is 16.5 Å². The predicted molar refractivity (Wildman–Crippen MR) is 84.0 cm³/mol. The van der Waals surface area contributed by atoms with E-state index in [9.17, 15) is 4.79 Å². The van der Waals surface area contributed by atoms with Crippen LogP contribution >= 0.6 is 12.4 Å². The fraction of sp³-hybridized carbons (Fsp3) is 0.714. The van der Waals surface area contributed by atoms with E-state index in [-0.39, 0.29) is 24.2 Å². The molecule has 0 aliphatic rings. The van der Waals surface area contributed by atoms with Gasteiger partial charge < -0.3 is 11.1 Å². The van der Waals surface area contributed by atoms with E-state index >= 15 is 0 Å². The number of nitrogens with one attached hydrogen (secondary N) is 1. The fourth-order valence-corrected chi connectivity index (χ4v) is 1.97. The molecule has 2 atom stereocenters. The number of nitrogens with two attached hydrogens (primary N) is 1. The molecule has 0 fully saturated rings. The molecule has 0 radical (unpaired) electrons. The van der Waals surface area contributed by atoms with Gasteiger partial charge in [0, 0.05) is 18.8 Å². The highest BCUT2D eigenvalue weighted by atomic mass is 35.5. The van der Waals surface area contributed by atoms with Crippen molar-refractivity contribution in [3.05, 3.63) is 17.5 Å². The zero-order valence-electron chi connectivity index (χ0n) is 12.8. The SMILES string of the molecule is CCC(C)C(N)C(=O)NCCCn1nc(C)cc1C.Cl. The molecule has 3 N–H and O–H groups in total. The number of amides is 1. The van der Waals surface area contributed by atoms with Crippen LogP contribution < -0.4 is 11.1 Å². The van der Waals surface area contributed by atoms with Crippen LogP contribution in [-0.4, -0.2) is 28.3 Å². The van der Waals surface area contributed by atoms with Gasteiger partial charge in [-0.2, -0.15) is 5.10 Å². The van der Waals surface area contributed by atoms with Crippen LogP contribution in [0.25, 0.3) is 0 Å². The molecule has 5 nitrogen and oxygen atoms in total. The molecule has 1 heterocycles. The Balaban J connectivity index is 0.00000361. The maximum Gasteiger partial charge on any atom is 0.237 e. The highest BCUT2D eigenvalue weighted by Gasteiger charge is 2.18. The third-order valence-electron chi connectivity index (χ3n) is 3.51. The minimum atomic E-state index is -0.404. The van der Waals surface area contributed by atoms with Crippen LogP contribution in [0.4, 0.5) is 0 Å². The number of carbonyl (C=O) groups excluding carboxylic acids is 1. The van der Waals surface area contributed by atoms with Crippen molar-refractivity contribution in [2.24, 2.45) is 11.7 Å². The molecule has 0 saturated heterocycles. The average Bonchev–Trinajstić information content (AvgIpc) is 2.70. The molecule has 1 aromatic rings. The second-order valence-electron chi connectivity index (χ2n) is 5.21. The number of aromatic nitrogens is 2. The minimum Gasteiger partial charge on any atom is -0.355 e. The largest absolute Gasteiger partial charge is 0.355 e. The Labute approximate surface area is 127 Å². The highest BCUT2D eigenvalue weighted by molar-refractivity contribution is 5.85. The molecule has 1 rings (SSSR count). The first-order chi connectivity index (χ1) is 8.95. The smallest absolute Gasteiger partial charge is 0.237 e. The van der Waals surface area contributed by atoms with Gasteiger partial charge in [-0.05, 0) is 32.3 Å². The van der Waals surface area contributed by atoms with Gasteiger partial charge in [-0.3, -0.25) is 9.48 Å². The van der Waals surface area contributed by atoms with E-state index in [1.807, 2.05) is 32.4 Å². The Hall–Kier alpha value is -1.07. The predicted octanol–water partition coefficient (Wildman–Crippen LogP) is 1.80. The van der Waals surface area contributed by atoms with Crippen molar-refractivity contribution in [2.45, 2.75) is 53.1 Å². The molecule has 0 saturated carbocycles. The Morgan fingerprint density at radius 1 is 1.50 bits per heavy atom. The Bertz CT molecular complexity index is 419. The number of rotatable bonds is 7. The molecule has 0 spiro atoms. The number of nitrogens with zero attached hydrogens (tertiary/aromatic N) is 2. The summed E-state index contributed by atoms with van der Waals surface area (Å²) in [6, 6.07) is 1.65. The summed E-state index contributed by atoms with van der Waals surface area (Å²) in [5.41, 5.74) is 8.04. The van der Waals surface area contributed by atoms with Gasteiger partial charge in [0.25, 0.3) is 0 Å². The molecule has 116 valence electrons. The first kappa shape index (κ1) is 18.9. The lowest BCUT2D eigenvalue weighted by Gasteiger charge is -2.17. The monoisotopic (exact) mass is 302 g/mol. The molecule has 0 aliphatic carbocycles. The molecular formula is C14H27ClN4O. The average molecular weight is 303 g/mol. The van der Waals surface area contributed by atoms with Gasteiger partial charge in [0.2, 0.25) is 5.91 Å². The number of hydrogen-bond acceptors (Lipinski definition) is 3. The third-order valence-corrected chi connectivity index (χ3v) is 3.51. The number of aryl methyl sites for hydroxylation is 3. The quantitative estimate of drug-likeness (QED) is 0.754. The van der Waals surface area contributed by atoms with Crippen molar-refractivity contribution < 1.29 is 4.79 Å². The minimum absolute atomic E-state index is 0. The highest BCUT2D eigenvalue weighted by Crippen LogP contribution is 2.05. The summed E-state index contributed by atoms with van der Waals surface area (Å²) in [7, 11) is 0. The lowest BCUT2D eigenvalue weighted by molar-refractivity contribution is -0.123. The summed E-state index contributed by atoms with van der Waals surface area (Å²) in [6.45, 7) is 9.52. The van der Waals surface area contributed by atoms with Crippen molar-refractivity contribution in [2.75, 3.05) is 6.54 Å². The fourth-order valence-electron chi connectivity index (χ4n) is 1.97. The maximum absolute atomic E-state index is 11.8. The van der Waals surface area contributed by atoms with Gasteiger partial charge in [-0.1, -0.05) is 20.3 Å². The van der Waals surface area contributed by atoms with Crippen molar-refractivity contribution in [3.8, 4) is 0 Å².